The molecule has 2 aromatic rings. The summed E-state index contributed by atoms with van der Waals surface area (Å²) in [5.41, 5.74) is 0. The Hall–Kier alpha value is -1.18. The van der Waals surface area contributed by atoms with Crippen LogP contribution in [-0.4, -0.2) is 13.4 Å². The van der Waals surface area contributed by atoms with Gasteiger partial charge in [0, 0.05) is 4.47 Å². The monoisotopic (exact) mass is 364 g/mol. The van der Waals surface area contributed by atoms with E-state index in [0.717, 1.165) is 12.1 Å². The Balaban J connectivity index is 2.38. The quantitative estimate of drug-likeness (QED) is 0.848. The number of benzene rings is 1. The van der Waals surface area contributed by atoms with Gasteiger partial charge in [0.15, 0.2) is 0 Å². The minimum atomic E-state index is -4.04. The molecule has 0 saturated heterocycles. The number of anilines is 1. The Morgan fingerprint density at radius 2 is 2.00 bits per heavy atom. The third-order valence-electron chi connectivity index (χ3n) is 2.14. The molecule has 1 heterocycles. The number of pyridine rings is 1. The van der Waals surface area contributed by atoms with Gasteiger partial charge in [-0.1, -0.05) is 33.6 Å². The van der Waals surface area contributed by atoms with E-state index in [1.807, 2.05) is 0 Å². The summed E-state index contributed by atoms with van der Waals surface area (Å²) in [6.07, 6.45) is 0. The molecule has 0 aliphatic rings. The molecule has 0 aliphatic carbocycles. The zero-order chi connectivity index (χ0) is 14.0. The van der Waals surface area contributed by atoms with Crippen molar-refractivity contribution in [3.8, 4) is 0 Å². The predicted molar refractivity (Wildman–Crippen MR) is 74.2 cm³/mol. The molecule has 0 atom stereocenters. The van der Waals surface area contributed by atoms with Crippen LogP contribution in [-0.2, 0) is 10.0 Å². The molecule has 0 spiro atoms. The highest BCUT2D eigenvalue weighted by Gasteiger charge is 2.19. The molecule has 1 aromatic heterocycles. The van der Waals surface area contributed by atoms with Gasteiger partial charge in [0.1, 0.15) is 21.7 Å². The van der Waals surface area contributed by atoms with Crippen molar-refractivity contribution >= 4 is 43.4 Å². The maximum absolute atomic E-state index is 13.6. The Labute approximate surface area is 122 Å². The lowest BCUT2D eigenvalue weighted by atomic mass is 10.3. The lowest BCUT2D eigenvalue weighted by Crippen LogP contribution is -2.15. The number of halogens is 3. The molecule has 1 N–H and O–H groups in total. The van der Waals surface area contributed by atoms with Gasteiger partial charge in [-0.25, -0.2) is 17.8 Å². The summed E-state index contributed by atoms with van der Waals surface area (Å²) in [5, 5.41) is 0.136. The van der Waals surface area contributed by atoms with Gasteiger partial charge in [0.05, 0.1) is 0 Å². The lowest BCUT2D eigenvalue weighted by Gasteiger charge is -2.08. The maximum atomic E-state index is 13.6. The molecular formula is C11H7BrClFN2O2S. The lowest BCUT2D eigenvalue weighted by molar-refractivity contribution is 0.569. The van der Waals surface area contributed by atoms with Gasteiger partial charge in [-0.3, -0.25) is 4.72 Å². The van der Waals surface area contributed by atoms with Gasteiger partial charge in [0.2, 0.25) is 0 Å². The minimum Gasteiger partial charge on any atom is -0.263 e. The van der Waals surface area contributed by atoms with E-state index in [0.29, 0.717) is 4.47 Å². The predicted octanol–water partition coefficient (Wildman–Crippen LogP) is 3.44. The molecule has 2 rings (SSSR count). The Morgan fingerprint density at radius 3 is 2.63 bits per heavy atom. The third kappa shape index (κ3) is 3.43. The van der Waals surface area contributed by atoms with Crippen LogP contribution in [0.25, 0.3) is 0 Å². The summed E-state index contributed by atoms with van der Waals surface area (Å²) in [7, 11) is -4.04. The van der Waals surface area contributed by atoms with Crippen LogP contribution in [0.15, 0.2) is 45.8 Å². The number of sulfonamides is 1. The van der Waals surface area contributed by atoms with Gasteiger partial charge in [-0.15, -0.1) is 0 Å². The molecule has 0 radical (unpaired) electrons. The minimum absolute atomic E-state index is 0.0230. The second-order valence-electron chi connectivity index (χ2n) is 3.53. The maximum Gasteiger partial charge on any atom is 0.265 e. The number of nitrogens with one attached hydrogen (secondary N) is 1. The van der Waals surface area contributed by atoms with Crippen LogP contribution in [0, 0.1) is 5.82 Å². The molecular weight excluding hydrogens is 359 g/mol. The van der Waals surface area contributed by atoms with Gasteiger partial charge in [-0.2, -0.15) is 0 Å². The van der Waals surface area contributed by atoms with Gasteiger partial charge in [-0.05, 0) is 30.3 Å². The summed E-state index contributed by atoms with van der Waals surface area (Å²) in [5.74, 6) is -0.835. The van der Waals surface area contributed by atoms with Crippen LogP contribution < -0.4 is 4.72 Å². The second-order valence-corrected chi connectivity index (χ2v) is 6.48. The van der Waals surface area contributed by atoms with Gasteiger partial charge in [0.25, 0.3) is 10.0 Å². The average molecular weight is 366 g/mol. The fourth-order valence-corrected chi connectivity index (χ4v) is 2.91. The van der Waals surface area contributed by atoms with E-state index in [1.54, 1.807) is 0 Å². The first-order valence-corrected chi connectivity index (χ1v) is 7.64. The zero-order valence-corrected chi connectivity index (χ0v) is 12.4. The fraction of sp³-hybridized carbons (Fsp3) is 0. The van der Waals surface area contributed by atoms with Crippen LogP contribution in [0.2, 0.25) is 5.15 Å². The Morgan fingerprint density at radius 1 is 1.26 bits per heavy atom. The number of hydrogen-bond donors (Lipinski definition) is 1. The standard InChI is InChI=1S/C11H7BrClFN2O2S/c12-7-4-5-9(8(14)6-7)19(17,18)16-11-3-1-2-10(13)15-11/h1-6H,(H,15,16). The highest BCUT2D eigenvalue weighted by atomic mass is 79.9. The summed E-state index contributed by atoms with van der Waals surface area (Å²) >= 11 is 8.70. The molecule has 1 aromatic carbocycles. The number of rotatable bonds is 3. The largest absolute Gasteiger partial charge is 0.265 e. The van der Waals surface area contributed by atoms with E-state index in [2.05, 4.69) is 25.6 Å². The van der Waals surface area contributed by atoms with E-state index in [1.165, 1.54) is 24.3 Å². The van der Waals surface area contributed by atoms with E-state index >= 15 is 0 Å². The first-order valence-electron chi connectivity index (χ1n) is 4.99. The van der Waals surface area contributed by atoms with Crippen LogP contribution in [0.3, 0.4) is 0 Å². The highest BCUT2D eigenvalue weighted by molar-refractivity contribution is 9.10. The summed E-state index contributed by atoms with van der Waals surface area (Å²) in [6.45, 7) is 0. The van der Waals surface area contributed by atoms with E-state index in [9.17, 15) is 12.8 Å². The van der Waals surface area contributed by atoms with Crippen molar-refractivity contribution < 1.29 is 12.8 Å². The van der Waals surface area contributed by atoms with Crippen LogP contribution in [0.1, 0.15) is 0 Å². The topological polar surface area (TPSA) is 59.1 Å². The molecule has 0 bridgehead atoms. The zero-order valence-electron chi connectivity index (χ0n) is 9.27. The van der Waals surface area contributed by atoms with E-state index in [4.69, 9.17) is 11.6 Å². The van der Waals surface area contributed by atoms with Crippen molar-refractivity contribution in [2.45, 2.75) is 4.90 Å². The smallest absolute Gasteiger partial charge is 0.263 e. The number of hydrogen-bond acceptors (Lipinski definition) is 3. The Kier molecular flexibility index (Phi) is 4.07. The summed E-state index contributed by atoms with van der Waals surface area (Å²) in [6, 6.07) is 8.11. The highest BCUT2D eigenvalue weighted by Crippen LogP contribution is 2.21. The molecule has 8 heteroatoms. The molecule has 0 saturated carbocycles. The van der Waals surface area contributed by atoms with Crippen molar-refractivity contribution in [3.05, 3.63) is 51.8 Å². The van der Waals surface area contributed by atoms with Crippen molar-refractivity contribution in [2.75, 3.05) is 4.72 Å². The van der Waals surface area contributed by atoms with Crippen molar-refractivity contribution in [1.82, 2.24) is 4.98 Å². The number of nitrogens with zero attached hydrogens (tertiary/aromatic N) is 1. The van der Waals surface area contributed by atoms with Crippen molar-refractivity contribution in [2.24, 2.45) is 0 Å². The molecule has 100 valence electrons. The second kappa shape index (κ2) is 5.44. The molecule has 19 heavy (non-hydrogen) atoms. The molecule has 0 unspecified atom stereocenters. The first kappa shape index (κ1) is 14.2. The molecule has 0 fully saturated rings. The summed E-state index contributed by atoms with van der Waals surface area (Å²) < 4.78 is 40.2. The third-order valence-corrected chi connectivity index (χ3v) is 4.23. The molecule has 4 nitrogen and oxygen atoms in total. The van der Waals surface area contributed by atoms with Crippen LogP contribution in [0.5, 0.6) is 0 Å². The van der Waals surface area contributed by atoms with Gasteiger partial charge >= 0.3 is 0 Å². The molecule has 0 amide bonds. The fourth-order valence-electron chi connectivity index (χ4n) is 1.35. The SMILES string of the molecule is O=S(=O)(Nc1cccc(Cl)n1)c1ccc(Br)cc1F. The van der Waals surface area contributed by atoms with Gasteiger partial charge < -0.3 is 0 Å². The summed E-state index contributed by atoms with van der Waals surface area (Å²) in [4.78, 5) is 3.31. The average Bonchev–Trinajstić information content (AvgIpc) is 2.27. The number of aromatic nitrogens is 1. The Bertz CT molecular complexity index is 724. The normalized spacial score (nSPS) is 11.3. The van der Waals surface area contributed by atoms with E-state index < -0.39 is 20.7 Å². The van der Waals surface area contributed by atoms with Crippen molar-refractivity contribution in [3.63, 3.8) is 0 Å². The van der Waals surface area contributed by atoms with Crippen LogP contribution >= 0.6 is 27.5 Å². The first-order chi connectivity index (χ1) is 8.88. The van der Waals surface area contributed by atoms with Crippen LogP contribution in [0.4, 0.5) is 10.2 Å². The van der Waals surface area contributed by atoms with Crippen molar-refractivity contribution in [1.29, 1.82) is 0 Å². The molecule has 0 aliphatic heterocycles. The van der Waals surface area contributed by atoms with E-state index in [-0.39, 0.29) is 11.0 Å².